The molecule has 0 bridgehead atoms. The van der Waals surface area contributed by atoms with Crippen LogP contribution in [0.15, 0.2) is 71.7 Å². The van der Waals surface area contributed by atoms with Crippen molar-refractivity contribution in [3.8, 4) is 22.9 Å². The number of pyridine rings is 1. The molecule has 0 aliphatic carbocycles. The van der Waals surface area contributed by atoms with Crippen LogP contribution in [0.2, 0.25) is 0 Å². The smallest absolute Gasteiger partial charge is 0.255 e. The van der Waals surface area contributed by atoms with E-state index in [0.717, 1.165) is 11.1 Å². The molecule has 1 amide bonds. The lowest BCUT2D eigenvalue weighted by Crippen LogP contribution is -2.16. The summed E-state index contributed by atoms with van der Waals surface area (Å²) in [5, 5.41) is 11.8. The van der Waals surface area contributed by atoms with E-state index in [4.69, 9.17) is 5.26 Å². The molecule has 0 aliphatic heterocycles. The van der Waals surface area contributed by atoms with Crippen LogP contribution in [0.4, 0.5) is 5.69 Å². The molecule has 1 aromatic heterocycles. The van der Waals surface area contributed by atoms with Crippen LogP contribution >= 0.6 is 0 Å². The fraction of sp³-hybridized carbons (Fsp3) is 0.0500. The van der Waals surface area contributed by atoms with E-state index in [1.54, 1.807) is 54.7 Å². The van der Waals surface area contributed by atoms with Gasteiger partial charge in [-0.05, 0) is 47.5 Å². The SMILES string of the molecule is CC(=O)Nc1cccc(-n2cc(-c3cccc(C#N)c3)ccc2=O)c1. The van der Waals surface area contributed by atoms with Crippen molar-refractivity contribution in [1.82, 2.24) is 4.57 Å². The fourth-order valence-electron chi connectivity index (χ4n) is 2.56. The monoisotopic (exact) mass is 329 g/mol. The molecule has 2 aromatic carbocycles. The van der Waals surface area contributed by atoms with E-state index in [9.17, 15) is 9.59 Å². The fourth-order valence-corrected chi connectivity index (χ4v) is 2.56. The molecular formula is C20H15N3O2. The molecular weight excluding hydrogens is 314 g/mol. The molecule has 3 rings (SSSR count). The number of hydrogen-bond acceptors (Lipinski definition) is 3. The lowest BCUT2D eigenvalue weighted by molar-refractivity contribution is -0.114. The minimum Gasteiger partial charge on any atom is -0.326 e. The van der Waals surface area contributed by atoms with Crippen molar-refractivity contribution in [2.24, 2.45) is 0 Å². The first-order chi connectivity index (χ1) is 12.1. The van der Waals surface area contributed by atoms with Crippen molar-refractivity contribution < 1.29 is 4.79 Å². The molecule has 1 heterocycles. The van der Waals surface area contributed by atoms with Gasteiger partial charge in [0, 0.05) is 24.9 Å². The van der Waals surface area contributed by atoms with Gasteiger partial charge in [0.2, 0.25) is 5.91 Å². The van der Waals surface area contributed by atoms with Gasteiger partial charge in [-0.2, -0.15) is 5.26 Å². The highest BCUT2D eigenvalue weighted by atomic mass is 16.1. The Morgan fingerprint density at radius 3 is 2.60 bits per heavy atom. The largest absolute Gasteiger partial charge is 0.326 e. The highest BCUT2D eigenvalue weighted by molar-refractivity contribution is 5.88. The molecule has 0 radical (unpaired) electrons. The second-order valence-electron chi connectivity index (χ2n) is 5.55. The summed E-state index contributed by atoms with van der Waals surface area (Å²) < 4.78 is 1.51. The van der Waals surface area contributed by atoms with Crippen molar-refractivity contribution in [1.29, 1.82) is 5.26 Å². The summed E-state index contributed by atoms with van der Waals surface area (Å²) in [4.78, 5) is 23.5. The van der Waals surface area contributed by atoms with Gasteiger partial charge in [0.15, 0.2) is 0 Å². The molecule has 3 aromatic rings. The number of carbonyl (C=O) groups is 1. The number of hydrogen-bond donors (Lipinski definition) is 1. The van der Waals surface area contributed by atoms with E-state index in [2.05, 4.69) is 11.4 Å². The van der Waals surface area contributed by atoms with E-state index in [-0.39, 0.29) is 11.5 Å². The van der Waals surface area contributed by atoms with Crippen LogP contribution < -0.4 is 10.9 Å². The Hall–Kier alpha value is -3.65. The van der Waals surface area contributed by atoms with Gasteiger partial charge in [-0.25, -0.2) is 0 Å². The number of nitrogens with one attached hydrogen (secondary N) is 1. The van der Waals surface area contributed by atoms with E-state index < -0.39 is 0 Å². The molecule has 0 aliphatic rings. The summed E-state index contributed by atoms with van der Waals surface area (Å²) in [6.45, 7) is 1.43. The van der Waals surface area contributed by atoms with Crippen molar-refractivity contribution in [2.45, 2.75) is 6.92 Å². The average molecular weight is 329 g/mol. The lowest BCUT2D eigenvalue weighted by Gasteiger charge is -2.10. The van der Waals surface area contributed by atoms with Crippen LogP contribution in [0.3, 0.4) is 0 Å². The molecule has 1 N–H and O–H groups in total. The Kier molecular flexibility index (Phi) is 4.44. The van der Waals surface area contributed by atoms with Crippen LogP contribution in [0.1, 0.15) is 12.5 Å². The van der Waals surface area contributed by atoms with Gasteiger partial charge in [0.05, 0.1) is 17.3 Å². The summed E-state index contributed by atoms with van der Waals surface area (Å²) in [7, 11) is 0. The third-order valence-corrected chi connectivity index (χ3v) is 3.68. The molecule has 0 spiro atoms. The second-order valence-corrected chi connectivity index (χ2v) is 5.55. The van der Waals surface area contributed by atoms with E-state index >= 15 is 0 Å². The highest BCUT2D eigenvalue weighted by Crippen LogP contribution is 2.21. The van der Waals surface area contributed by atoms with E-state index in [0.29, 0.717) is 16.9 Å². The zero-order valence-electron chi connectivity index (χ0n) is 13.6. The van der Waals surface area contributed by atoms with Crippen LogP contribution in [-0.4, -0.2) is 10.5 Å². The molecule has 5 nitrogen and oxygen atoms in total. The second kappa shape index (κ2) is 6.85. The topological polar surface area (TPSA) is 74.9 Å². The average Bonchev–Trinajstić information content (AvgIpc) is 2.62. The maximum atomic E-state index is 12.3. The van der Waals surface area contributed by atoms with Crippen molar-refractivity contribution in [3.05, 3.63) is 82.8 Å². The molecule has 0 unspecified atom stereocenters. The highest BCUT2D eigenvalue weighted by Gasteiger charge is 2.06. The van der Waals surface area contributed by atoms with Gasteiger partial charge < -0.3 is 5.32 Å². The van der Waals surface area contributed by atoms with E-state index in [1.807, 2.05) is 6.07 Å². The Balaban J connectivity index is 2.07. The molecule has 0 atom stereocenters. The molecule has 25 heavy (non-hydrogen) atoms. The van der Waals surface area contributed by atoms with Gasteiger partial charge >= 0.3 is 0 Å². The minimum atomic E-state index is -0.180. The first kappa shape index (κ1) is 16.2. The van der Waals surface area contributed by atoms with Crippen LogP contribution in [0.25, 0.3) is 16.8 Å². The third-order valence-electron chi connectivity index (χ3n) is 3.68. The third kappa shape index (κ3) is 3.65. The standard InChI is InChI=1S/C20H15N3O2/c1-14(24)22-18-6-3-7-19(11-18)23-13-17(8-9-20(23)25)16-5-2-4-15(10-16)12-21/h2-11,13H,1H3,(H,22,24). The van der Waals surface area contributed by atoms with Gasteiger partial charge in [-0.1, -0.05) is 18.2 Å². The molecule has 5 heteroatoms. The zero-order chi connectivity index (χ0) is 17.8. The summed E-state index contributed by atoms with van der Waals surface area (Å²) in [6, 6.07) is 19.6. The Morgan fingerprint density at radius 1 is 1.04 bits per heavy atom. The van der Waals surface area contributed by atoms with Crippen molar-refractivity contribution in [2.75, 3.05) is 5.32 Å². The zero-order valence-corrected chi connectivity index (χ0v) is 13.6. The Bertz CT molecular complexity index is 1050. The minimum absolute atomic E-state index is 0.174. The number of aromatic nitrogens is 1. The number of rotatable bonds is 3. The normalized spacial score (nSPS) is 10.1. The Morgan fingerprint density at radius 2 is 1.84 bits per heavy atom. The van der Waals surface area contributed by atoms with Gasteiger partial charge in [0.1, 0.15) is 0 Å². The summed E-state index contributed by atoms with van der Waals surface area (Å²) >= 11 is 0. The summed E-state index contributed by atoms with van der Waals surface area (Å²) in [6.07, 6.45) is 1.73. The molecule has 0 saturated carbocycles. The number of amides is 1. The number of benzene rings is 2. The van der Waals surface area contributed by atoms with Crippen LogP contribution in [0, 0.1) is 11.3 Å². The lowest BCUT2D eigenvalue weighted by atomic mass is 10.1. The molecule has 122 valence electrons. The van der Waals surface area contributed by atoms with Crippen LogP contribution in [0.5, 0.6) is 0 Å². The quantitative estimate of drug-likeness (QED) is 0.801. The summed E-state index contributed by atoms with van der Waals surface area (Å²) in [5.74, 6) is -0.174. The van der Waals surface area contributed by atoms with Gasteiger partial charge in [0.25, 0.3) is 5.56 Å². The first-order valence-electron chi connectivity index (χ1n) is 7.68. The number of carbonyl (C=O) groups excluding carboxylic acids is 1. The summed E-state index contributed by atoms with van der Waals surface area (Å²) in [5.41, 5.74) is 3.32. The van der Waals surface area contributed by atoms with Crippen LogP contribution in [-0.2, 0) is 4.79 Å². The molecule has 0 fully saturated rings. The maximum Gasteiger partial charge on any atom is 0.255 e. The van der Waals surface area contributed by atoms with Crippen molar-refractivity contribution in [3.63, 3.8) is 0 Å². The first-order valence-corrected chi connectivity index (χ1v) is 7.68. The number of nitrogens with zero attached hydrogens (tertiary/aromatic N) is 2. The predicted octanol–water partition coefficient (Wildman–Crippen LogP) is 3.33. The number of nitriles is 1. The maximum absolute atomic E-state index is 12.3. The molecule has 0 saturated heterocycles. The number of anilines is 1. The van der Waals surface area contributed by atoms with Gasteiger partial charge in [-0.15, -0.1) is 0 Å². The Labute approximate surface area is 144 Å². The van der Waals surface area contributed by atoms with Crippen molar-refractivity contribution >= 4 is 11.6 Å². The van der Waals surface area contributed by atoms with Gasteiger partial charge in [-0.3, -0.25) is 14.2 Å². The predicted molar refractivity (Wildman–Crippen MR) is 96.5 cm³/mol. The van der Waals surface area contributed by atoms with E-state index in [1.165, 1.54) is 17.6 Å².